The third-order valence-corrected chi connectivity index (χ3v) is 9.95. The zero-order valence-electron chi connectivity index (χ0n) is 21.5. The van der Waals surface area contributed by atoms with E-state index >= 15 is 0 Å². The molecule has 6 unspecified atom stereocenters. The van der Waals surface area contributed by atoms with Crippen molar-refractivity contribution in [3.63, 3.8) is 0 Å². The highest BCUT2D eigenvalue weighted by molar-refractivity contribution is 7.86. The Hall–Kier alpha value is -0.590. The number of Topliss-reactive ketones (excluding diaryl/α,β-unsaturated/α-hetero) is 1. The van der Waals surface area contributed by atoms with E-state index in [1.165, 1.54) is 12.8 Å². The number of rotatable bonds is 10. The largest absolute Gasteiger partial charge is 0.493 e. The molecule has 6 heteroatoms. The maximum atomic E-state index is 13.4. The molecule has 0 aromatic rings. The molecule has 0 saturated carbocycles. The number of nitrogens with zero attached hydrogens (tertiary/aromatic N) is 1. The zero-order chi connectivity index (χ0) is 24.4. The molecule has 2 aliphatic heterocycles. The van der Waals surface area contributed by atoms with Crippen LogP contribution in [0.3, 0.4) is 0 Å². The van der Waals surface area contributed by atoms with Crippen molar-refractivity contribution in [3.05, 3.63) is 23.7 Å². The third kappa shape index (κ3) is 4.91. The minimum Gasteiger partial charge on any atom is -0.493 e. The molecule has 0 N–H and O–H groups in total. The van der Waals surface area contributed by atoms with E-state index in [2.05, 4.69) is 44.7 Å². The van der Waals surface area contributed by atoms with Gasteiger partial charge in [-0.25, -0.2) is 0 Å². The van der Waals surface area contributed by atoms with Gasteiger partial charge in [0.2, 0.25) is 0 Å². The van der Waals surface area contributed by atoms with Gasteiger partial charge in [0.15, 0.2) is 11.5 Å². The van der Waals surface area contributed by atoms with Crippen LogP contribution in [-0.4, -0.2) is 53.0 Å². The number of carbonyl (C=O) groups is 1. The number of hydrogen-bond donors (Lipinski definition) is 2. The summed E-state index contributed by atoms with van der Waals surface area (Å²) in [6.45, 7) is 9.79. The van der Waals surface area contributed by atoms with Gasteiger partial charge in [-0.15, -0.1) is 0 Å². The van der Waals surface area contributed by atoms with E-state index in [0.717, 1.165) is 44.4 Å². The molecular weight excluding hydrogens is 450 g/mol. The minimum absolute atomic E-state index is 0.00576. The lowest BCUT2D eigenvalue weighted by Gasteiger charge is -2.64. The Balaban J connectivity index is 2.14. The van der Waals surface area contributed by atoms with Gasteiger partial charge in [-0.2, -0.15) is 25.3 Å². The number of carbonyl (C=O) groups excluding carboxylic acids is 1. The maximum Gasteiger partial charge on any atom is 0.157 e. The van der Waals surface area contributed by atoms with E-state index in [1.54, 1.807) is 14.2 Å². The van der Waals surface area contributed by atoms with Crippen molar-refractivity contribution in [2.75, 3.05) is 20.8 Å². The van der Waals surface area contributed by atoms with Crippen molar-refractivity contribution in [3.8, 4) is 0 Å². The molecule has 0 spiro atoms. The molecule has 4 nitrogen and oxygen atoms in total. The molecule has 2 saturated heterocycles. The van der Waals surface area contributed by atoms with E-state index in [4.69, 9.17) is 34.7 Å². The number of ketones is 1. The van der Waals surface area contributed by atoms with Crippen LogP contribution in [0, 0.1) is 17.8 Å². The van der Waals surface area contributed by atoms with Crippen molar-refractivity contribution in [2.24, 2.45) is 17.8 Å². The molecule has 0 aromatic heterocycles. The summed E-state index contributed by atoms with van der Waals surface area (Å²) >= 11 is 10.9. The molecule has 2 fully saturated rings. The fourth-order valence-corrected chi connectivity index (χ4v) is 7.73. The average Bonchev–Trinajstić information content (AvgIpc) is 2.77. The summed E-state index contributed by atoms with van der Waals surface area (Å²) in [6, 6.07) is 0.377. The normalized spacial score (nSPS) is 36.7. The van der Waals surface area contributed by atoms with Gasteiger partial charge in [-0.1, -0.05) is 53.4 Å². The molecule has 0 aromatic carbocycles. The second kappa shape index (κ2) is 11.0. The van der Waals surface area contributed by atoms with Crippen molar-refractivity contribution >= 4 is 31.0 Å². The standard InChI is InChI=1S/C27H45NO3S2/c1-7-9-11-20-21(12-10-8-2)28-17-19(13-18(3)4)22(29)14-25(28)27(33)16-24(31-6)23(30-5)15-26(20,27)32/h15-16,18-21,25,32-33H,7-14,17H2,1-6H3. The van der Waals surface area contributed by atoms with Gasteiger partial charge in [-0.05, 0) is 43.3 Å². The molecule has 3 rings (SSSR count). The van der Waals surface area contributed by atoms with Crippen LogP contribution in [-0.2, 0) is 14.3 Å². The highest BCUT2D eigenvalue weighted by atomic mass is 32.1. The van der Waals surface area contributed by atoms with Crippen LogP contribution in [0.1, 0.15) is 79.1 Å². The lowest BCUT2D eigenvalue weighted by atomic mass is 9.61. The molecule has 0 amide bonds. The molecule has 6 atom stereocenters. The number of unbranched alkanes of at least 4 members (excludes halogenated alkanes) is 2. The zero-order valence-corrected chi connectivity index (χ0v) is 23.3. The van der Waals surface area contributed by atoms with Gasteiger partial charge in [0, 0.05) is 31.0 Å². The second-order valence-corrected chi connectivity index (χ2v) is 12.2. The van der Waals surface area contributed by atoms with Crippen LogP contribution in [0.4, 0.5) is 0 Å². The van der Waals surface area contributed by atoms with Crippen LogP contribution in [0.2, 0.25) is 0 Å². The Labute approximate surface area is 212 Å². The van der Waals surface area contributed by atoms with Gasteiger partial charge in [-0.3, -0.25) is 9.69 Å². The first-order valence-corrected chi connectivity index (χ1v) is 13.8. The van der Waals surface area contributed by atoms with Crippen LogP contribution in [0.5, 0.6) is 0 Å². The van der Waals surface area contributed by atoms with Gasteiger partial charge in [0.1, 0.15) is 5.78 Å². The number of hydrogen-bond acceptors (Lipinski definition) is 6. The Kier molecular flexibility index (Phi) is 8.99. The predicted molar refractivity (Wildman–Crippen MR) is 143 cm³/mol. The van der Waals surface area contributed by atoms with Crippen molar-refractivity contribution in [1.82, 2.24) is 4.90 Å². The molecule has 3 aliphatic rings. The molecule has 33 heavy (non-hydrogen) atoms. The quantitative estimate of drug-likeness (QED) is 0.360. The van der Waals surface area contributed by atoms with Crippen molar-refractivity contribution in [1.29, 1.82) is 0 Å². The summed E-state index contributed by atoms with van der Waals surface area (Å²) < 4.78 is 10.3. The lowest BCUT2D eigenvalue weighted by Crippen LogP contribution is -2.74. The summed E-state index contributed by atoms with van der Waals surface area (Å²) in [7, 11) is 3.36. The average molecular weight is 496 g/mol. The smallest absolute Gasteiger partial charge is 0.157 e. The minimum atomic E-state index is -0.622. The Morgan fingerprint density at radius 1 is 1.03 bits per heavy atom. The summed E-state index contributed by atoms with van der Waals surface area (Å²) in [6.07, 6.45) is 12.6. The second-order valence-electron chi connectivity index (χ2n) is 10.7. The topological polar surface area (TPSA) is 38.8 Å². The fraction of sp³-hybridized carbons (Fsp3) is 0.815. The molecular formula is C27H45NO3S2. The molecule has 2 heterocycles. The number of thiol groups is 2. The third-order valence-electron chi connectivity index (χ3n) is 8.15. The first kappa shape index (κ1) is 27.0. The van der Waals surface area contributed by atoms with Crippen LogP contribution < -0.4 is 0 Å². The number of piperidine rings is 2. The van der Waals surface area contributed by atoms with Gasteiger partial charge in [0.25, 0.3) is 0 Å². The number of methoxy groups -OCH3 is 2. The van der Waals surface area contributed by atoms with Crippen molar-refractivity contribution in [2.45, 2.75) is 101 Å². The SMILES string of the molecule is CCCCC1C(CCCC)C2(S)C=C(OC)C(OC)=CC2(S)C2CC(=O)C(CC(C)C)CN12. The number of ether oxygens (including phenoxy) is 2. The van der Waals surface area contributed by atoms with E-state index in [9.17, 15) is 4.79 Å². The van der Waals surface area contributed by atoms with E-state index in [0.29, 0.717) is 35.8 Å². The Morgan fingerprint density at radius 2 is 1.61 bits per heavy atom. The summed E-state index contributed by atoms with van der Waals surface area (Å²) in [5, 5.41) is 0. The summed E-state index contributed by atoms with van der Waals surface area (Å²) in [4.78, 5) is 16.0. The van der Waals surface area contributed by atoms with E-state index in [1.807, 2.05) is 0 Å². The fourth-order valence-electron chi connectivity index (χ4n) is 6.51. The monoisotopic (exact) mass is 495 g/mol. The summed E-state index contributed by atoms with van der Waals surface area (Å²) in [5.41, 5.74) is 0. The molecule has 188 valence electrons. The molecule has 0 bridgehead atoms. The Bertz CT molecular complexity index is 766. The highest BCUT2D eigenvalue weighted by Gasteiger charge is 2.65. The summed E-state index contributed by atoms with van der Waals surface area (Å²) in [5.74, 6) is 2.73. The van der Waals surface area contributed by atoms with Crippen LogP contribution in [0.25, 0.3) is 0 Å². The van der Waals surface area contributed by atoms with Crippen LogP contribution >= 0.6 is 25.3 Å². The predicted octanol–water partition coefficient (Wildman–Crippen LogP) is 6.08. The van der Waals surface area contributed by atoms with E-state index in [-0.39, 0.29) is 12.0 Å². The van der Waals surface area contributed by atoms with Gasteiger partial charge >= 0.3 is 0 Å². The van der Waals surface area contributed by atoms with E-state index < -0.39 is 9.49 Å². The van der Waals surface area contributed by atoms with Gasteiger partial charge in [0.05, 0.1) is 23.7 Å². The van der Waals surface area contributed by atoms with Crippen molar-refractivity contribution < 1.29 is 14.3 Å². The molecule has 1 aliphatic carbocycles. The maximum absolute atomic E-state index is 13.4. The number of fused-ring (bicyclic) bond motifs is 3. The highest BCUT2D eigenvalue weighted by Crippen LogP contribution is 2.59. The first-order chi connectivity index (χ1) is 15.7. The van der Waals surface area contributed by atoms with Gasteiger partial charge < -0.3 is 9.47 Å². The lowest BCUT2D eigenvalue weighted by molar-refractivity contribution is -0.134. The first-order valence-electron chi connectivity index (χ1n) is 12.9. The molecule has 0 radical (unpaired) electrons. The Morgan fingerprint density at radius 3 is 2.15 bits per heavy atom. The van der Waals surface area contributed by atoms with Crippen LogP contribution in [0.15, 0.2) is 23.7 Å².